The Morgan fingerprint density at radius 3 is 3.00 bits per heavy atom. The Bertz CT molecular complexity index is 422. The van der Waals surface area contributed by atoms with Crippen LogP contribution >= 0.6 is 0 Å². The predicted molar refractivity (Wildman–Crippen MR) is 68.9 cm³/mol. The maximum absolute atomic E-state index is 11.8. The maximum atomic E-state index is 11.8. The summed E-state index contributed by atoms with van der Waals surface area (Å²) in [6.45, 7) is 5.74. The van der Waals surface area contributed by atoms with Crippen molar-refractivity contribution >= 4 is 5.91 Å². The van der Waals surface area contributed by atoms with Crippen molar-refractivity contribution in [3.63, 3.8) is 0 Å². The number of nitrogens with zero attached hydrogens (tertiary/aromatic N) is 3. The third kappa shape index (κ3) is 3.89. The summed E-state index contributed by atoms with van der Waals surface area (Å²) >= 11 is 0. The van der Waals surface area contributed by atoms with Crippen LogP contribution in [0.1, 0.15) is 19.0 Å². The number of amides is 1. The molecule has 0 radical (unpaired) electrons. The number of hydrogen-bond donors (Lipinski definition) is 0. The Labute approximate surface area is 112 Å². The van der Waals surface area contributed by atoms with Gasteiger partial charge in [0.25, 0.3) is 0 Å². The van der Waals surface area contributed by atoms with Gasteiger partial charge in [0.05, 0.1) is 12.2 Å². The van der Waals surface area contributed by atoms with Crippen LogP contribution in [0.5, 0.6) is 5.88 Å². The van der Waals surface area contributed by atoms with Gasteiger partial charge >= 0.3 is 0 Å². The largest absolute Gasteiger partial charge is 0.471 e. The summed E-state index contributed by atoms with van der Waals surface area (Å²) in [5, 5.41) is 7.90. The van der Waals surface area contributed by atoms with Gasteiger partial charge in [0.15, 0.2) is 0 Å². The summed E-state index contributed by atoms with van der Waals surface area (Å²) in [7, 11) is 0. The number of carbonyl (C=O) groups is 1. The van der Waals surface area contributed by atoms with E-state index >= 15 is 0 Å². The standard InChI is InChI=1S/C13H19N3O3/c1-3-18-9-13(17)16-7-6-11(8-16)19-12-5-4-10(2)14-15-12/h4-5,11H,3,6-9H2,1-2H3/t11-/m1/s1. The molecule has 2 heterocycles. The van der Waals surface area contributed by atoms with Gasteiger partial charge < -0.3 is 14.4 Å². The number of carbonyl (C=O) groups excluding carboxylic acids is 1. The molecule has 6 heteroatoms. The normalized spacial score (nSPS) is 18.6. The highest BCUT2D eigenvalue weighted by Crippen LogP contribution is 2.16. The lowest BCUT2D eigenvalue weighted by atomic mass is 10.3. The first-order valence-corrected chi connectivity index (χ1v) is 6.51. The second-order valence-electron chi connectivity index (χ2n) is 4.52. The van der Waals surface area contributed by atoms with E-state index in [4.69, 9.17) is 9.47 Å². The lowest BCUT2D eigenvalue weighted by molar-refractivity contribution is -0.135. The second-order valence-corrected chi connectivity index (χ2v) is 4.52. The molecule has 1 aliphatic rings. The molecular weight excluding hydrogens is 246 g/mol. The average molecular weight is 265 g/mol. The van der Waals surface area contributed by atoms with Crippen molar-refractivity contribution in [1.29, 1.82) is 0 Å². The van der Waals surface area contributed by atoms with Gasteiger partial charge in [0, 0.05) is 25.6 Å². The number of aryl methyl sites for hydroxylation is 1. The first-order chi connectivity index (χ1) is 9.19. The summed E-state index contributed by atoms with van der Waals surface area (Å²) < 4.78 is 10.8. The quantitative estimate of drug-likeness (QED) is 0.788. The fourth-order valence-corrected chi connectivity index (χ4v) is 1.95. The van der Waals surface area contributed by atoms with Crippen LogP contribution in [0, 0.1) is 6.92 Å². The van der Waals surface area contributed by atoms with E-state index in [-0.39, 0.29) is 18.6 Å². The highest BCUT2D eigenvalue weighted by molar-refractivity contribution is 5.77. The second kappa shape index (κ2) is 6.47. The van der Waals surface area contributed by atoms with Crippen LogP contribution < -0.4 is 4.74 Å². The number of ether oxygens (including phenoxy) is 2. The Kier molecular flexibility index (Phi) is 4.68. The fraction of sp³-hybridized carbons (Fsp3) is 0.615. The lowest BCUT2D eigenvalue weighted by Crippen LogP contribution is -2.33. The molecule has 1 fully saturated rings. The van der Waals surface area contributed by atoms with Gasteiger partial charge in [-0.25, -0.2) is 0 Å². The number of likely N-dealkylation sites (tertiary alicyclic amines) is 1. The SMILES string of the molecule is CCOCC(=O)N1CC[C@@H](Oc2ccc(C)nn2)C1. The van der Waals surface area contributed by atoms with E-state index < -0.39 is 0 Å². The molecule has 0 saturated carbocycles. The van der Waals surface area contributed by atoms with Crippen LogP contribution in [0.25, 0.3) is 0 Å². The average Bonchev–Trinajstić information content (AvgIpc) is 2.87. The highest BCUT2D eigenvalue weighted by Gasteiger charge is 2.27. The molecule has 0 aliphatic carbocycles. The molecule has 104 valence electrons. The summed E-state index contributed by atoms with van der Waals surface area (Å²) in [6.07, 6.45) is 0.801. The number of hydrogen-bond acceptors (Lipinski definition) is 5. The van der Waals surface area contributed by atoms with Gasteiger partial charge in [-0.2, -0.15) is 5.10 Å². The minimum absolute atomic E-state index is 0.0115. The Balaban J connectivity index is 1.81. The van der Waals surface area contributed by atoms with Crippen molar-refractivity contribution in [3.8, 4) is 5.88 Å². The molecule has 0 aromatic carbocycles. The molecule has 1 aromatic heterocycles. The molecule has 0 spiro atoms. The molecule has 0 N–H and O–H groups in total. The van der Waals surface area contributed by atoms with E-state index in [0.717, 1.165) is 12.1 Å². The first kappa shape index (κ1) is 13.7. The highest BCUT2D eigenvalue weighted by atomic mass is 16.5. The molecule has 1 saturated heterocycles. The zero-order chi connectivity index (χ0) is 13.7. The maximum Gasteiger partial charge on any atom is 0.248 e. The van der Waals surface area contributed by atoms with Crippen LogP contribution in [-0.2, 0) is 9.53 Å². The van der Waals surface area contributed by atoms with Gasteiger partial charge in [-0.05, 0) is 19.9 Å². The molecule has 1 aliphatic heterocycles. The topological polar surface area (TPSA) is 64.5 Å². The van der Waals surface area contributed by atoms with Crippen LogP contribution in [0.3, 0.4) is 0 Å². The Hall–Kier alpha value is -1.69. The van der Waals surface area contributed by atoms with E-state index in [9.17, 15) is 4.79 Å². The summed E-state index contributed by atoms with van der Waals surface area (Å²) in [5.41, 5.74) is 0.854. The van der Waals surface area contributed by atoms with E-state index in [2.05, 4.69) is 10.2 Å². The third-order valence-corrected chi connectivity index (χ3v) is 2.99. The Morgan fingerprint density at radius 2 is 2.32 bits per heavy atom. The zero-order valence-corrected chi connectivity index (χ0v) is 11.3. The van der Waals surface area contributed by atoms with Gasteiger partial charge in [-0.15, -0.1) is 5.10 Å². The van der Waals surface area contributed by atoms with Gasteiger partial charge in [-0.1, -0.05) is 0 Å². The molecule has 2 rings (SSSR count). The van der Waals surface area contributed by atoms with E-state index in [1.54, 1.807) is 11.0 Å². The summed E-state index contributed by atoms with van der Waals surface area (Å²) in [4.78, 5) is 13.5. The molecule has 0 unspecified atom stereocenters. The number of rotatable bonds is 5. The molecule has 1 aromatic rings. The van der Waals surface area contributed by atoms with E-state index in [0.29, 0.717) is 25.6 Å². The van der Waals surface area contributed by atoms with Crippen molar-refractivity contribution in [2.45, 2.75) is 26.4 Å². The van der Waals surface area contributed by atoms with Crippen molar-refractivity contribution in [2.24, 2.45) is 0 Å². The molecule has 6 nitrogen and oxygen atoms in total. The molecule has 19 heavy (non-hydrogen) atoms. The monoisotopic (exact) mass is 265 g/mol. The first-order valence-electron chi connectivity index (χ1n) is 6.51. The van der Waals surface area contributed by atoms with Gasteiger partial charge in [0.2, 0.25) is 11.8 Å². The van der Waals surface area contributed by atoms with Crippen molar-refractivity contribution < 1.29 is 14.3 Å². The molecule has 1 atom stereocenters. The fourth-order valence-electron chi connectivity index (χ4n) is 1.95. The minimum atomic E-state index is -0.0115. The molecule has 1 amide bonds. The predicted octanol–water partition coefficient (Wildman–Crippen LogP) is 0.801. The van der Waals surface area contributed by atoms with Crippen LogP contribution in [0.15, 0.2) is 12.1 Å². The van der Waals surface area contributed by atoms with Crippen molar-refractivity contribution in [2.75, 3.05) is 26.3 Å². The third-order valence-electron chi connectivity index (χ3n) is 2.99. The number of aromatic nitrogens is 2. The summed E-state index contributed by atoms with van der Waals surface area (Å²) in [5.74, 6) is 0.526. The van der Waals surface area contributed by atoms with Crippen molar-refractivity contribution in [3.05, 3.63) is 17.8 Å². The summed E-state index contributed by atoms with van der Waals surface area (Å²) in [6, 6.07) is 3.66. The van der Waals surface area contributed by atoms with Crippen LogP contribution in [-0.4, -0.2) is 53.4 Å². The van der Waals surface area contributed by atoms with Gasteiger partial charge in [0.1, 0.15) is 12.7 Å². The van der Waals surface area contributed by atoms with E-state index in [1.165, 1.54) is 0 Å². The molecular formula is C13H19N3O3. The smallest absolute Gasteiger partial charge is 0.248 e. The lowest BCUT2D eigenvalue weighted by Gasteiger charge is -2.16. The van der Waals surface area contributed by atoms with Crippen molar-refractivity contribution in [1.82, 2.24) is 15.1 Å². The minimum Gasteiger partial charge on any atom is -0.471 e. The Morgan fingerprint density at radius 1 is 1.47 bits per heavy atom. The van der Waals surface area contributed by atoms with Crippen LogP contribution in [0.2, 0.25) is 0 Å². The van der Waals surface area contributed by atoms with E-state index in [1.807, 2.05) is 19.9 Å². The molecule has 0 bridgehead atoms. The zero-order valence-electron chi connectivity index (χ0n) is 11.3. The van der Waals surface area contributed by atoms with Gasteiger partial charge in [-0.3, -0.25) is 4.79 Å². The van der Waals surface area contributed by atoms with Crippen LogP contribution in [0.4, 0.5) is 0 Å².